The molecule has 3 amide bonds. The van der Waals surface area contributed by atoms with E-state index in [0.717, 1.165) is 10.9 Å². The van der Waals surface area contributed by atoms with Crippen LogP contribution in [0.5, 0.6) is 0 Å². The SMILES string of the molecule is O=C1CCC(N2Cc3cc(C(=O)c4n[nH]c5ccccc45)ccc3C2=O)C(=O)N1. The molecule has 2 N–H and O–H groups in total. The summed E-state index contributed by atoms with van der Waals surface area (Å²) in [5.74, 6) is -1.29. The van der Waals surface area contributed by atoms with Crippen molar-refractivity contribution in [2.24, 2.45) is 0 Å². The summed E-state index contributed by atoms with van der Waals surface area (Å²) in [6.07, 6.45) is 0.502. The number of nitrogens with one attached hydrogen (secondary N) is 2. The largest absolute Gasteiger partial charge is 0.322 e. The van der Waals surface area contributed by atoms with E-state index in [2.05, 4.69) is 15.5 Å². The number of amides is 3. The van der Waals surface area contributed by atoms with Crippen molar-refractivity contribution in [1.82, 2.24) is 20.4 Å². The summed E-state index contributed by atoms with van der Waals surface area (Å²) in [5, 5.41) is 10.0. The number of piperidine rings is 1. The van der Waals surface area contributed by atoms with Crippen LogP contribution in [0, 0.1) is 0 Å². The van der Waals surface area contributed by atoms with Gasteiger partial charge in [0.2, 0.25) is 17.6 Å². The van der Waals surface area contributed by atoms with Crippen molar-refractivity contribution >= 4 is 34.4 Å². The van der Waals surface area contributed by atoms with Crippen LogP contribution >= 0.6 is 0 Å². The van der Waals surface area contributed by atoms with Gasteiger partial charge in [-0.15, -0.1) is 0 Å². The van der Waals surface area contributed by atoms with Crippen LogP contribution in [0.3, 0.4) is 0 Å². The van der Waals surface area contributed by atoms with E-state index in [-0.39, 0.29) is 30.6 Å². The number of aromatic amines is 1. The first-order valence-electron chi connectivity index (χ1n) is 9.28. The number of para-hydroxylation sites is 1. The molecule has 0 aliphatic carbocycles. The van der Waals surface area contributed by atoms with E-state index in [9.17, 15) is 19.2 Å². The normalized spacial score (nSPS) is 18.8. The minimum absolute atomic E-state index is 0.201. The summed E-state index contributed by atoms with van der Waals surface area (Å²) in [4.78, 5) is 50.8. The number of fused-ring (bicyclic) bond motifs is 2. The van der Waals surface area contributed by atoms with Crippen LogP contribution in [-0.2, 0) is 16.1 Å². The Kier molecular flexibility index (Phi) is 3.80. The molecule has 5 rings (SSSR count). The first kappa shape index (κ1) is 17.3. The maximum Gasteiger partial charge on any atom is 0.255 e. The van der Waals surface area contributed by atoms with E-state index >= 15 is 0 Å². The van der Waals surface area contributed by atoms with Crippen molar-refractivity contribution < 1.29 is 19.2 Å². The number of aromatic nitrogens is 2. The van der Waals surface area contributed by atoms with E-state index < -0.39 is 11.9 Å². The van der Waals surface area contributed by atoms with Crippen LogP contribution in [0.15, 0.2) is 42.5 Å². The molecular formula is C21H16N4O4. The molecule has 144 valence electrons. The van der Waals surface area contributed by atoms with Crippen molar-refractivity contribution in [2.75, 3.05) is 0 Å². The van der Waals surface area contributed by atoms with Crippen molar-refractivity contribution in [1.29, 1.82) is 0 Å². The molecule has 8 nitrogen and oxygen atoms in total. The number of hydrogen-bond donors (Lipinski definition) is 2. The highest BCUT2D eigenvalue weighted by Crippen LogP contribution is 2.29. The predicted octanol–water partition coefficient (Wildman–Crippen LogP) is 1.55. The highest BCUT2D eigenvalue weighted by Gasteiger charge is 2.39. The Balaban J connectivity index is 1.45. The Hall–Kier alpha value is -3.81. The van der Waals surface area contributed by atoms with E-state index in [1.807, 2.05) is 24.3 Å². The van der Waals surface area contributed by atoms with Gasteiger partial charge < -0.3 is 4.90 Å². The van der Waals surface area contributed by atoms with Gasteiger partial charge >= 0.3 is 0 Å². The first-order chi connectivity index (χ1) is 14.0. The average molecular weight is 388 g/mol. The van der Waals surface area contributed by atoms with Gasteiger partial charge in [0.05, 0.1) is 5.52 Å². The second-order valence-corrected chi connectivity index (χ2v) is 7.22. The Bertz CT molecular complexity index is 1210. The van der Waals surface area contributed by atoms with E-state index in [1.165, 1.54) is 4.90 Å². The lowest BCUT2D eigenvalue weighted by Crippen LogP contribution is -2.52. The molecule has 2 aliphatic heterocycles. The molecule has 0 saturated carbocycles. The molecular weight excluding hydrogens is 372 g/mol. The predicted molar refractivity (Wildman–Crippen MR) is 102 cm³/mol. The molecule has 29 heavy (non-hydrogen) atoms. The minimum atomic E-state index is -0.679. The maximum absolute atomic E-state index is 13.0. The van der Waals surface area contributed by atoms with Gasteiger partial charge in [0.25, 0.3) is 5.91 Å². The summed E-state index contributed by atoms with van der Waals surface area (Å²) in [7, 11) is 0. The van der Waals surface area contributed by atoms with Gasteiger partial charge in [0, 0.05) is 29.5 Å². The van der Waals surface area contributed by atoms with Gasteiger partial charge in [0.1, 0.15) is 11.7 Å². The molecule has 0 spiro atoms. The number of imide groups is 1. The van der Waals surface area contributed by atoms with Gasteiger partial charge in [0.15, 0.2) is 0 Å². The van der Waals surface area contributed by atoms with Crippen LogP contribution in [0.2, 0.25) is 0 Å². The maximum atomic E-state index is 13.0. The summed E-state index contributed by atoms with van der Waals surface area (Å²) in [6.45, 7) is 0.225. The van der Waals surface area contributed by atoms with E-state index in [1.54, 1.807) is 18.2 Å². The lowest BCUT2D eigenvalue weighted by atomic mass is 10.0. The fraction of sp³-hybridized carbons (Fsp3) is 0.190. The monoisotopic (exact) mass is 388 g/mol. The summed E-state index contributed by atoms with van der Waals surface area (Å²) < 4.78 is 0. The Labute approximate surface area is 164 Å². The third kappa shape index (κ3) is 2.72. The Morgan fingerprint density at radius 2 is 1.93 bits per heavy atom. The molecule has 3 aromatic rings. The smallest absolute Gasteiger partial charge is 0.255 e. The second-order valence-electron chi connectivity index (χ2n) is 7.22. The number of ketones is 1. The van der Waals surface area contributed by atoms with Gasteiger partial charge in [-0.3, -0.25) is 29.6 Å². The molecule has 1 saturated heterocycles. The number of benzene rings is 2. The number of carbonyl (C=O) groups is 4. The van der Waals surface area contributed by atoms with Crippen molar-refractivity contribution in [3.05, 3.63) is 64.8 Å². The molecule has 2 aromatic carbocycles. The number of carbonyl (C=O) groups excluding carboxylic acids is 4. The molecule has 1 unspecified atom stereocenters. The van der Waals surface area contributed by atoms with Gasteiger partial charge in [-0.1, -0.05) is 24.3 Å². The molecule has 1 atom stereocenters. The third-order valence-corrected chi connectivity index (χ3v) is 5.47. The van der Waals surface area contributed by atoms with Gasteiger partial charge in [-0.2, -0.15) is 5.10 Å². The second kappa shape index (κ2) is 6.37. The van der Waals surface area contributed by atoms with Gasteiger partial charge in [-0.25, -0.2) is 0 Å². The van der Waals surface area contributed by atoms with Crippen LogP contribution in [0.1, 0.15) is 44.8 Å². The topological polar surface area (TPSA) is 112 Å². The standard InChI is InChI=1S/C21H16N4O4/c26-17-8-7-16(20(28)22-17)25-10-12-9-11(5-6-13(12)21(25)29)19(27)18-14-3-1-2-4-15(14)23-24-18/h1-6,9,16H,7-8,10H2,(H,23,24)(H,22,26,28). The highest BCUT2D eigenvalue weighted by molar-refractivity contribution is 6.15. The average Bonchev–Trinajstić information content (AvgIpc) is 3.29. The number of nitrogens with zero attached hydrogens (tertiary/aromatic N) is 2. The van der Waals surface area contributed by atoms with E-state index in [0.29, 0.717) is 28.8 Å². The van der Waals surface area contributed by atoms with Crippen LogP contribution < -0.4 is 5.32 Å². The third-order valence-electron chi connectivity index (χ3n) is 5.47. The zero-order valence-corrected chi connectivity index (χ0v) is 15.3. The molecule has 8 heteroatoms. The zero-order valence-electron chi connectivity index (χ0n) is 15.3. The molecule has 1 aromatic heterocycles. The molecule has 0 radical (unpaired) electrons. The first-order valence-corrected chi connectivity index (χ1v) is 9.28. The molecule has 1 fully saturated rings. The molecule has 0 bridgehead atoms. The molecule has 3 heterocycles. The number of H-pyrrole nitrogens is 1. The fourth-order valence-electron chi connectivity index (χ4n) is 3.99. The van der Waals surface area contributed by atoms with Crippen molar-refractivity contribution in [2.45, 2.75) is 25.4 Å². The Morgan fingerprint density at radius 1 is 1.10 bits per heavy atom. The number of rotatable bonds is 3. The van der Waals surface area contributed by atoms with Crippen molar-refractivity contribution in [3.8, 4) is 0 Å². The minimum Gasteiger partial charge on any atom is -0.322 e. The highest BCUT2D eigenvalue weighted by atomic mass is 16.2. The quantitative estimate of drug-likeness (QED) is 0.522. The van der Waals surface area contributed by atoms with Gasteiger partial charge in [-0.05, 0) is 30.2 Å². The summed E-state index contributed by atoms with van der Waals surface area (Å²) in [5.41, 5.74) is 2.69. The van der Waals surface area contributed by atoms with Crippen molar-refractivity contribution in [3.63, 3.8) is 0 Å². The lowest BCUT2D eigenvalue weighted by molar-refractivity contribution is -0.136. The van der Waals surface area contributed by atoms with Crippen LogP contribution in [0.4, 0.5) is 0 Å². The number of hydrogen-bond acceptors (Lipinski definition) is 5. The zero-order chi connectivity index (χ0) is 20.1. The molecule has 2 aliphatic rings. The van der Waals surface area contributed by atoms with Crippen LogP contribution in [-0.4, -0.2) is 44.6 Å². The summed E-state index contributed by atoms with van der Waals surface area (Å²) >= 11 is 0. The summed E-state index contributed by atoms with van der Waals surface area (Å²) in [6, 6.07) is 11.6. The lowest BCUT2D eigenvalue weighted by Gasteiger charge is -2.29. The fourth-order valence-corrected chi connectivity index (χ4v) is 3.99. The Morgan fingerprint density at radius 3 is 2.76 bits per heavy atom. The van der Waals surface area contributed by atoms with Crippen LogP contribution in [0.25, 0.3) is 10.9 Å². The van der Waals surface area contributed by atoms with E-state index in [4.69, 9.17) is 0 Å².